The summed E-state index contributed by atoms with van der Waals surface area (Å²) in [4.78, 5) is 40.2. The van der Waals surface area contributed by atoms with Crippen molar-refractivity contribution >= 4 is 27.6 Å². The van der Waals surface area contributed by atoms with Crippen LogP contribution in [0.3, 0.4) is 0 Å². The maximum atomic E-state index is 13.2. The molecular formula is C23H26N2O5S. The zero-order valence-electron chi connectivity index (χ0n) is 18.0. The van der Waals surface area contributed by atoms with Gasteiger partial charge in [-0.25, -0.2) is 8.42 Å². The number of imide groups is 1. The summed E-state index contributed by atoms with van der Waals surface area (Å²) in [5.74, 6) is -1.29. The van der Waals surface area contributed by atoms with E-state index < -0.39 is 39.6 Å². The van der Waals surface area contributed by atoms with E-state index in [1.54, 1.807) is 43.3 Å². The van der Waals surface area contributed by atoms with E-state index in [4.69, 9.17) is 0 Å². The van der Waals surface area contributed by atoms with Crippen molar-refractivity contribution in [1.82, 2.24) is 10.2 Å². The van der Waals surface area contributed by atoms with Crippen molar-refractivity contribution in [1.29, 1.82) is 0 Å². The first kappa shape index (κ1) is 22.7. The van der Waals surface area contributed by atoms with E-state index in [-0.39, 0.29) is 10.8 Å². The maximum absolute atomic E-state index is 13.2. The Morgan fingerprint density at radius 1 is 0.935 bits per heavy atom. The minimum atomic E-state index is -3.31. The number of fused-ring (bicyclic) bond motifs is 1. The molecule has 0 bridgehead atoms. The Bertz CT molecular complexity index is 1090. The van der Waals surface area contributed by atoms with E-state index >= 15 is 0 Å². The highest BCUT2D eigenvalue weighted by Gasteiger charge is 2.42. The lowest BCUT2D eigenvalue weighted by Gasteiger charge is -2.28. The van der Waals surface area contributed by atoms with Crippen LogP contribution in [0.15, 0.2) is 53.4 Å². The summed E-state index contributed by atoms with van der Waals surface area (Å²) in [6.45, 7) is 5.61. The Balaban J connectivity index is 1.83. The third-order valence-corrected chi connectivity index (χ3v) is 6.43. The number of benzene rings is 2. The van der Waals surface area contributed by atoms with E-state index in [0.717, 1.165) is 11.2 Å². The van der Waals surface area contributed by atoms with Gasteiger partial charge in [0.2, 0.25) is 5.91 Å². The minimum absolute atomic E-state index is 0.0735. The lowest BCUT2D eigenvalue weighted by Crippen LogP contribution is -2.50. The highest BCUT2D eigenvalue weighted by molar-refractivity contribution is 7.90. The number of sulfone groups is 1. The number of rotatable bonds is 7. The Hall–Kier alpha value is -3.00. The van der Waals surface area contributed by atoms with Crippen molar-refractivity contribution in [3.05, 3.63) is 65.2 Å². The van der Waals surface area contributed by atoms with E-state index in [2.05, 4.69) is 5.32 Å². The maximum Gasteiger partial charge on any atom is 0.262 e. The predicted octanol–water partition coefficient (Wildman–Crippen LogP) is 2.98. The second-order valence-electron chi connectivity index (χ2n) is 8.24. The summed E-state index contributed by atoms with van der Waals surface area (Å²) in [5, 5.41) is 2.87. The molecule has 0 aliphatic carbocycles. The highest BCUT2D eigenvalue weighted by Crippen LogP contribution is 2.27. The molecule has 1 aliphatic rings. The number of carbonyl (C=O) groups is 3. The number of nitrogens with one attached hydrogen (secondary N) is 1. The van der Waals surface area contributed by atoms with Crippen LogP contribution in [0.2, 0.25) is 0 Å². The van der Waals surface area contributed by atoms with Crippen molar-refractivity contribution in [2.24, 2.45) is 5.92 Å². The molecule has 0 spiro atoms. The van der Waals surface area contributed by atoms with Crippen LogP contribution in [0.4, 0.5) is 0 Å². The second-order valence-corrected chi connectivity index (χ2v) is 10.3. The molecule has 31 heavy (non-hydrogen) atoms. The van der Waals surface area contributed by atoms with Crippen LogP contribution >= 0.6 is 0 Å². The van der Waals surface area contributed by atoms with Crippen molar-refractivity contribution in [2.45, 2.75) is 44.2 Å². The summed E-state index contributed by atoms with van der Waals surface area (Å²) in [6.07, 6.45) is 1.46. The van der Waals surface area contributed by atoms with Gasteiger partial charge in [-0.15, -0.1) is 0 Å². The molecule has 0 fully saturated rings. The number of nitrogens with zero attached hydrogens (tertiary/aromatic N) is 1. The van der Waals surface area contributed by atoms with Crippen LogP contribution in [0.25, 0.3) is 0 Å². The third-order valence-electron chi connectivity index (χ3n) is 5.30. The molecule has 1 N–H and O–H groups in total. The fourth-order valence-corrected chi connectivity index (χ4v) is 4.29. The minimum Gasteiger partial charge on any atom is -0.348 e. The molecule has 0 saturated heterocycles. The Morgan fingerprint density at radius 2 is 1.45 bits per heavy atom. The average molecular weight is 443 g/mol. The first-order chi connectivity index (χ1) is 14.5. The normalized spacial score (nSPS) is 15.7. The number of carbonyl (C=O) groups excluding carboxylic acids is 3. The summed E-state index contributed by atoms with van der Waals surface area (Å²) in [6, 6.07) is 11.4. The van der Waals surface area contributed by atoms with Crippen molar-refractivity contribution in [3.63, 3.8) is 0 Å². The van der Waals surface area contributed by atoms with E-state index in [0.29, 0.717) is 23.1 Å². The predicted molar refractivity (Wildman–Crippen MR) is 116 cm³/mol. The summed E-state index contributed by atoms with van der Waals surface area (Å²) < 4.78 is 23.3. The third kappa shape index (κ3) is 4.69. The summed E-state index contributed by atoms with van der Waals surface area (Å²) in [7, 11) is -3.31. The largest absolute Gasteiger partial charge is 0.348 e. The molecule has 0 saturated carbocycles. The SMILES string of the molecule is CC(C)C[C@@H](C(=O)N[C@H](C)c1ccc(S(C)(=O)=O)cc1)N1C(=O)c2ccccc2C1=O. The Morgan fingerprint density at radius 3 is 1.90 bits per heavy atom. The van der Waals surface area contributed by atoms with Gasteiger partial charge in [-0.3, -0.25) is 19.3 Å². The van der Waals surface area contributed by atoms with Crippen molar-refractivity contribution in [2.75, 3.05) is 6.26 Å². The topological polar surface area (TPSA) is 101 Å². The first-order valence-corrected chi connectivity index (χ1v) is 12.0. The van der Waals surface area contributed by atoms with Gasteiger partial charge in [0, 0.05) is 6.26 Å². The molecule has 3 amide bonds. The molecule has 164 valence electrons. The molecule has 7 nitrogen and oxygen atoms in total. The molecular weight excluding hydrogens is 416 g/mol. The van der Waals surface area contributed by atoms with Crippen LogP contribution in [0.1, 0.15) is 59.5 Å². The van der Waals surface area contributed by atoms with Crippen LogP contribution in [0.5, 0.6) is 0 Å². The van der Waals surface area contributed by atoms with Gasteiger partial charge < -0.3 is 5.32 Å². The van der Waals surface area contributed by atoms with Crippen LogP contribution in [-0.4, -0.2) is 43.3 Å². The summed E-state index contributed by atoms with van der Waals surface area (Å²) in [5.41, 5.74) is 1.32. The molecule has 2 atom stereocenters. The fraction of sp³-hybridized carbons (Fsp3) is 0.348. The fourth-order valence-electron chi connectivity index (χ4n) is 3.66. The van der Waals surface area contributed by atoms with Gasteiger partial charge in [0.15, 0.2) is 9.84 Å². The van der Waals surface area contributed by atoms with Crippen molar-refractivity contribution < 1.29 is 22.8 Å². The first-order valence-electron chi connectivity index (χ1n) is 10.1. The van der Waals surface area contributed by atoms with E-state index in [1.165, 1.54) is 12.1 Å². The van der Waals surface area contributed by atoms with Gasteiger partial charge in [0.25, 0.3) is 11.8 Å². The molecule has 0 aromatic heterocycles. The summed E-state index contributed by atoms with van der Waals surface area (Å²) >= 11 is 0. The van der Waals surface area contributed by atoms with Gasteiger partial charge >= 0.3 is 0 Å². The smallest absolute Gasteiger partial charge is 0.262 e. The Kier molecular flexibility index (Phi) is 6.31. The van der Waals surface area contributed by atoms with Crippen LogP contribution in [-0.2, 0) is 14.6 Å². The standard InChI is InChI=1S/C23H26N2O5S/c1-14(2)13-20(25-22(27)18-7-5-6-8-19(18)23(25)28)21(26)24-15(3)16-9-11-17(12-10-16)31(4,29)30/h5-12,14-15,20H,13H2,1-4H3,(H,24,26)/t15-,20+/m1/s1. The Labute approximate surface area is 182 Å². The van der Waals surface area contributed by atoms with Gasteiger partial charge in [0.05, 0.1) is 22.1 Å². The van der Waals surface area contributed by atoms with E-state index in [1.807, 2.05) is 13.8 Å². The highest BCUT2D eigenvalue weighted by atomic mass is 32.2. The second kappa shape index (κ2) is 8.63. The zero-order chi connectivity index (χ0) is 22.9. The van der Waals surface area contributed by atoms with Gasteiger partial charge in [0.1, 0.15) is 6.04 Å². The van der Waals surface area contributed by atoms with Gasteiger partial charge in [-0.05, 0) is 49.1 Å². The lowest BCUT2D eigenvalue weighted by atomic mass is 10.0. The molecule has 1 heterocycles. The molecule has 3 rings (SSSR count). The monoisotopic (exact) mass is 442 g/mol. The zero-order valence-corrected chi connectivity index (χ0v) is 18.8. The molecule has 2 aromatic rings. The van der Waals surface area contributed by atoms with E-state index in [9.17, 15) is 22.8 Å². The molecule has 0 radical (unpaired) electrons. The molecule has 0 unspecified atom stereocenters. The van der Waals surface area contributed by atoms with Crippen LogP contribution in [0, 0.1) is 5.92 Å². The number of hydrogen-bond donors (Lipinski definition) is 1. The molecule has 2 aromatic carbocycles. The van der Waals surface area contributed by atoms with Gasteiger partial charge in [-0.1, -0.05) is 38.1 Å². The molecule has 8 heteroatoms. The van der Waals surface area contributed by atoms with Gasteiger partial charge in [-0.2, -0.15) is 0 Å². The number of amides is 3. The average Bonchev–Trinajstić information content (AvgIpc) is 2.96. The number of hydrogen-bond acceptors (Lipinski definition) is 5. The van der Waals surface area contributed by atoms with Crippen LogP contribution < -0.4 is 5.32 Å². The molecule has 1 aliphatic heterocycles. The quantitative estimate of drug-likeness (QED) is 0.665. The lowest BCUT2D eigenvalue weighted by molar-refractivity contribution is -0.126. The van der Waals surface area contributed by atoms with Crippen molar-refractivity contribution in [3.8, 4) is 0 Å².